The molecule has 0 spiro atoms. The molecule has 8 aromatic rings. The fraction of sp³-hybridized carbons (Fsp3) is 0.0500. The van der Waals surface area contributed by atoms with Crippen molar-refractivity contribution in [3.63, 3.8) is 0 Å². The largest absolute Gasteiger partial charge is 2.00 e. The van der Waals surface area contributed by atoms with Crippen LogP contribution in [-0.4, -0.2) is 24.5 Å². The van der Waals surface area contributed by atoms with Gasteiger partial charge in [-0.2, -0.15) is 22.9 Å². The van der Waals surface area contributed by atoms with Crippen molar-refractivity contribution in [2.45, 2.75) is 13.8 Å². The van der Waals surface area contributed by atoms with Crippen LogP contribution in [0.15, 0.2) is 116 Å². The molecule has 0 radical (unpaired) electrons. The van der Waals surface area contributed by atoms with Crippen molar-refractivity contribution in [2.75, 3.05) is 0 Å². The third-order valence-electron chi connectivity index (χ3n) is 7.79. The van der Waals surface area contributed by atoms with Gasteiger partial charge in [0.05, 0.1) is 0 Å². The molecule has 4 aromatic heterocycles. The van der Waals surface area contributed by atoms with Gasteiger partial charge in [-0.05, 0) is 43.4 Å². The van der Waals surface area contributed by atoms with Gasteiger partial charge in [-0.1, -0.05) is 46.4 Å². The number of ether oxygens (including phenoxy) is 2. The number of rotatable bonds is 7. The molecule has 242 valence electrons. The maximum atomic E-state index is 6.30. The van der Waals surface area contributed by atoms with Gasteiger partial charge in [0.2, 0.25) is 5.95 Å². The molecule has 0 amide bonds. The normalized spacial score (nSPS) is 10.7. The summed E-state index contributed by atoms with van der Waals surface area (Å²) in [5.41, 5.74) is 7.06. The molecule has 0 saturated carbocycles. The zero-order valence-corrected chi connectivity index (χ0v) is 30.7. The Labute approximate surface area is 312 Å². The van der Waals surface area contributed by atoms with Gasteiger partial charge in [-0.3, -0.25) is 0 Å². The summed E-state index contributed by atoms with van der Waals surface area (Å²) in [4.78, 5) is 18.2. The van der Waals surface area contributed by atoms with Gasteiger partial charge in [0.1, 0.15) is 0 Å². The molecule has 9 heteroatoms. The molecule has 4 heterocycles. The topological polar surface area (TPSA) is 75.0 Å². The summed E-state index contributed by atoms with van der Waals surface area (Å²) in [5, 5.41) is 1.90. The van der Waals surface area contributed by atoms with Gasteiger partial charge in [-0.25, -0.2) is 9.97 Å². The summed E-state index contributed by atoms with van der Waals surface area (Å²) in [7, 11) is 0. The Bertz CT molecular complexity index is 2270. The Morgan fingerprint density at radius 3 is 1.39 bits per heavy atom. The number of nitrogens with zero attached hydrogens (tertiary/aromatic N) is 5. The van der Waals surface area contributed by atoms with Crippen molar-refractivity contribution < 1.29 is 51.6 Å². The molecular formula is C40H25N5O2Pt2. The van der Waals surface area contributed by atoms with E-state index in [1.54, 1.807) is 30.9 Å². The van der Waals surface area contributed by atoms with E-state index in [9.17, 15) is 0 Å². The zero-order chi connectivity index (χ0) is 31.7. The van der Waals surface area contributed by atoms with E-state index >= 15 is 0 Å². The molecule has 0 fully saturated rings. The van der Waals surface area contributed by atoms with Crippen molar-refractivity contribution >= 4 is 21.8 Å². The number of pyridine rings is 2. The van der Waals surface area contributed by atoms with Crippen LogP contribution in [0.4, 0.5) is 0 Å². The van der Waals surface area contributed by atoms with Gasteiger partial charge in [0, 0.05) is 47.8 Å². The molecule has 0 aliphatic rings. The average Bonchev–Trinajstić information content (AvgIpc) is 3.42. The molecule has 0 unspecified atom stereocenters. The summed E-state index contributed by atoms with van der Waals surface area (Å²) in [6.45, 7) is 4.06. The summed E-state index contributed by atoms with van der Waals surface area (Å²) in [6.07, 6.45) is 6.98. The fourth-order valence-electron chi connectivity index (χ4n) is 5.62. The molecule has 49 heavy (non-hydrogen) atoms. The number of benzene rings is 4. The molecule has 0 atom stereocenters. The van der Waals surface area contributed by atoms with Crippen molar-refractivity contribution in [2.24, 2.45) is 0 Å². The van der Waals surface area contributed by atoms with Crippen LogP contribution >= 0.6 is 0 Å². The maximum absolute atomic E-state index is 6.30. The van der Waals surface area contributed by atoms with Crippen LogP contribution in [0.1, 0.15) is 11.1 Å². The summed E-state index contributed by atoms with van der Waals surface area (Å²) in [6, 6.07) is 42.7. The van der Waals surface area contributed by atoms with Gasteiger partial charge < -0.3 is 24.0 Å². The second kappa shape index (κ2) is 14.7. The van der Waals surface area contributed by atoms with Crippen LogP contribution in [0.3, 0.4) is 0 Å². The Morgan fingerprint density at radius 2 is 0.918 bits per heavy atom. The van der Waals surface area contributed by atoms with Crippen LogP contribution in [0.2, 0.25) is 0 Å². The molecular weight excluding hydrogens is 973 g/mol. The standard InChI is InChI=1S/C40H25N5O2.2Pt/c1-26-8-5-18-41-38(26)28-10-3-12-30(22-28)46-32-14-16-34-35-17-15-33(25-37(35)45(36(34)24-32)40-43-20-7-21-44-40)47-31-13-4-11-29(23-31)39-27(2)9-6-19-42-39;;/h3-21H,1-2H3;;/q-4;2*+2. The molecule has 0 bridgehead atoms. The maximum Gasteiger partial charge on any atom is 2.00 e. The molecule has 0 aliphatic heterocycles. The van der Waals surface area contributed by atoms with E-state index in [-0.39, 0.29) is 42.1 Å². The third-order valence-corrected chi connectivity index (χ3v) is 7.79. The van der Waals surface area contributed by atoms with Crippen LogP contribution in [0, 0.1) is 38.1 Å². The SMILES string of the molecule is Cc1cccnc1-c1[c-]c(Oc2[c-]c3c(cc2)c2ccc(Oc4[c-]c(-c5ncccc5C)ccc4)[c-]c2n3-c2ncccn2)ccc1.[Pt+2].[Pt+2]. The van der Waals surface area contributed by atoms with Crippen LogP contribution in [-0.2, 0) is 42.1 Å². The van der Waals surface area contributed by atoms with E-state index in [0.717, 1.165) is 55.4 Å². The Balaban J connectivity index is 0.00000208. The van der Waals surface area contributed by atoms with Crippen LogP contribution in [0.25, 0.3) is 50.3 Å². The van der Waals surface area contributed by atoms with Crippen LogP contribution < -0.4 is 9.47 Å². The molecule has 0 N–H and O–H groups in total. The number of hydrogen-bond acceptors (Lipinski definition) is 6. The first-order valence-corrected chi connectivity index (χ1v) is 15.1. The molecule has 8 rings (SSSR count). The quantitative estimate of drug-likeness (QED) is 0.149. The number of aryl methyl sites for hydroxylation is 2. The first kappa shape index (κ1) is 33.9. The minimum atomic E-state index is 0. The van der Waals surface area contributed by atoms with Gasteiger partial charge in [0.25, 0.3) is 0 Å². The van der Waals surface area contributed by atoms with Crippen molar-refractivity contribution in [3.05, 3.63) is 151 Å². The van der Waals surface area contributed by atoms with E-state index in [1.807, 2.05) is 103 Å². The second-order valence-corrected chi connectivity index (χ2v) is 11.0. The molecule has 0 saturated heterocycles. The molecule has 7 nitrogen and oxygen atoms in total. The number of aromatic nitrogens is 5. The summed E-state index contributed by atoms with van der Waals surface area (Å²) < 4.78 is 14.5. The van der Waals surface area contributed by atoms with Gasteiger partial charge >= 0.3 is 42.1 Å². The first-order chi connectivity index (χ1) is 23.1. The number of fused-ring (bicyclic) bond motifs is 3. The first-order valence-electron chi connectivity index (χ1n) is 15.1. The third kappa shape index (κ3) is 6.83. The molecule has 4 aromatic carbocycles. The summed E-state index contributed by atoms with van der Waals surface area (Å²) >= 11 is 0. The predicted molar refractivity (Wildman–Crippen MR) is 181 cm³/mol. The van der Waals surface area contributed by atoms with E-state index < -0.39 is 0 Å². The van der Waals surface area contributed by atoms with E-state index in [2.05, 4.69) is 44.2 Å². The van der Waals surface area contributed by atoms with E-state index in [4.69, 9.17) is 9.47 Å². The Kier molecular flexibility index (Phi) is 10.1. The average molecular weight is 998 g/mol. The number of hydrogen-bond donors (Lipinski definition) is 0. The van der Waals surface area contributed by atoms with Gasteiger partial charge in [0.15, 0.2) is 0 Å². The second-order valence-electron chi connectivity index (χ2n) is 11.0. The van der Waals surface area contributed by atoms with Crippen molar-refractivity contribution in [3.8, 4) is 51.5 Å². The molecule has 0 aliphatic carbocycles. The minimum absolute atomic E-state index is 0. The van der Waals surface area contributed by atoms with Crippen LogP contribution in [0.5, 0.6) is 23.0 Å². The smallest absolute Gasteiger partial charge is 0.503 e. The predicted octanol–water partition coefficient (Wildman–Crippen LogP) is 9.09. The Hall–Kier alpha value is -4.96. The monoisotopic (exact) mass is 997 g/mol. The zero-order valence-electron chi connectivity index (χ0n) is 26.2. The Morgan fingerprint density at radius 1 is 0.469 bits per heavy atom. The van der Waals surface area contributed by atoms with Crippen molar-refractivity contribution in [1.82, 2.24) is 24.5 Å². The fourth-order valence-corrected chi connectivity index (χ4v) is 5.62. The van der Waals surface area contributed by atoms with Crippen molar-refractivity contribution in [1.29, 1.82) is 0 Å². The van der Waals surface area contributed by atoms with E-state index in [1.165, 1.54) is 0 Å². The minimum Gasteiger partial charge on any atom is -0.503 e. The summed E-state index contributed by atoms with van der Waals surface area (Å²) in [5.74, 6) is 2.65. The van der Waals surface area contributed by atoms with E-state index in [0.29, 0.717) is 28.9 Å². The van der Waals surface area contributed by atoms with Gasteiger partial charge in [-0.15, -0.1) is 71.8 Å².